The highest BCUT2D eigenvalue weighted by Gasteiger charge is 2.16. The fourth-order valence-corrected chi connectivity index (χ4v) is 1.47. The van der Waals surface area contributed by atoms with E-state index in [0.717, 1.165) is 6.42 Å². The van der Waals surface area contributed by atoms with E-state index in [2.05, 4.69) is 32.1 Å². The molecule has 0 amide bonds. The lowest BCUT2D eigenvalue weighted by Crippen LogP contribution is -2.18. The maximum Gasteiger partial charge on any atom is 0.0312 e. The van der Waals surface area contributed by atoms with Gasteiger partial charge in [0.2, 0.25) is 0 Å². The van der Waals surface area contributed by atoms with Crippen molar-refractivity contribution in [2.45, 2.75) is 34.1 Å². The van der Waals surface area contributed by atoms with Crippen LogP contribution >= 0.6 is 11.9 Å². The van der Waals surface area contributed by atoms with E-state index in [-0.39, 0.29) is 5.41 Å². The summed E-state index contributed by atoms with van der Waals surface area (Å²) in [5.74, 6) is 0. The minimum atomic E-state index is 0.248. The van der Waals surface area contributed by atoms with Crippen LogP contribution in [0.4, 0.5) is 0 Å². The van der Waals surface area contributed by atoms with Gasteiger partial charge in [-0.2, -0.15) is 0 Å². The summed E-state index contributed by atoms with van der Waals surface area (Å²) >= 11 is 1.55. The number of hydrogen-bond acceptors (Lipinski definition) is 2. The lowest BCUT2D eigenvalue weighted by molar-refractivity contribution is 0.581. The first-order chi connectivity index (χ1) is 4.52. The molecule has 0 bridgehead atoms. The summed E-state index contributed by atoms with van der Waals surface area (Å²) in [5, 5.41) is 0. The van der Waals surface area contributed by atoms with Gasteiger partial charge >= 0.3 is 0 Å². The molecule has 0 unspecified atom stereocenters. The lowest BCUT2D eigenvalue weighted by Gasteiger charge is -2.19. The molecule has 0 atom stereocenters. The fourth-order valence-electron chi connectivity index (χ4n) is 0.842. The molecular weight excluding hydrogens is 142 g/mol. The summed E-state index contributed by atoms with van der Waals surface area (Å²) in [5.41, 5.74) is 1.54. The van der Waals surface area contributed by atoms with Crippen molar-refractivity contribution in [3.05, 3.63) is 0 Å². The second kappa shape index (κ2) is 4.02. The molecule has 0 aromatic heterocycles. The van der Waals surface area contributed by atoms with Crippen molar-refractivity contribution in [3.63, 3.8) is 0 Å². The third kappa shape index (κ3) is 3.25. The summed E-state index contributed by atoms with van der Waals surface area (Å²) in [6.07, 6.45) is 3.06. The second-order valence-electron chi connectivity index (χ2n) is 3.32. The molecule has 0 aromatic rings. The summed E-state index contributed by atoms with van der Waals surface area (Å²) in [4.78, 5) is 0. The van der Waals surface area contributed by atoms with Gasteiger partial charge in [0.15, 0.2) is 0 Å². The maximum atomic E-state index is 4.35. The van der Waals surface area contributed by atoms with Gasteiger partial charge in [-0.1, -0.05) is 27.7 Å². The number of rotatable bonds is 2. The first kappa shape index (κ1) is 10.0. The van der Waals surface area contributed by atoms with Crippen molar-refractivity contribution in [3.8, 4) is 0 Å². The van der Waals surface area contributed by atoms with Crippen molar-refractivity contribution in [1.29, 1.82) is 0 Å². The minimum Gasteiger partial charge on any atom is -0.225 e. The zero-order valence-electron chi connectivity index (χ0n) is 7.56. The predicted octanol–water partition coefficient (Wildman–Crippen LogP) is 3.16. The number of hydrogen-bond donors (Lipinski definition) is 0. The highest BCUT2D eigenvalue weighted by Crippen LogP contribution is 2.20. The fraction of sp³-hybridized carbons (Fsp3) is 0.875. The van der Waals surface area contributed by atoms with E-state index in [0.29, 0.717) is 0 Å². The van der Waals surface area contributed by atoms with Gasteiger partial charge in [0.05, 0.1) is 0 Å². The van der Waals surface area contributed by atoms with Crippen molar-refractivity contribution in [1.82, 2.24) is 0 Å². The van der Waals surface area contributed by atoms with Crippen LogP contribution in [0.3, 0.4) is 0 Å². The highest BCUT2D eigenvalue weighted by atomic mass is 32.2. The Balaban J connectivity index is 4.21. The van der Waals surface area contributed by atoms with Gasteiger partial charge in [-0.3, -0.25) is 0 Å². The van der Waals surface area contributed by atoms with E-state index in [1.165, 1.54) is 5.71 Å². The van der Waals surface area contributed by atoms with E-state index in [1.54, 1.807) is 11.9 Å². The van der Waals surface area contributed by atoms with Crippen LogP contribution in [0.2, 0.25) is 0 Å². The average Bonchev–Trinajstić information content (AvgIpc) is 1.80. The Kier molecular flexibility index (Phi) is 4.02. The normalized spacial score (nSPS) is 13.9. The molecule has 0 saturated heterocycles. The largest absolute Gasteiger partial charge is 0.225 e. The molecule has 1 nitrogen and oxygen atoms in total. The van der Waals surface area contributed by atoms with Crippen LogP contribution in [0.5, 0.6) is 0 Å². The first-order valence-electron chi connectivity index (χ1n) is 3.63. The minimum absolute atomic E-state index is 0.248. The third-order valence-corrected chi connectivity index (χ3v) is 1.81. The van der Waals surface area contributed by atoms with Gasteiger partial charge in [0, 0.05) is 17.4 Å². The smallest absolute Gasteiger partial charge is 0.0312 e. The van der Waals surface area contributed by atoms with Crippen LogP contribution in [0.25, 0.3) is 0 Å². The number of nitrogens with zero attached hydrogens (tertiary/aromatic N) is 1. The molecule has 60 valence electrons. The van der Waals surface area contributed by atoms with Gasteiger partial charge in [-0.25, -0.2) is 4.40 Å². The molecule has 0 heterocycles. The Morgan fingerprint density at radius 3 is 2.00 bits per heavy atom. The Morgan fingerprint density at radius 1 is 1.40 bits per heavy atom. The summed E-state index contributed by atoms with van der Waals surface area (Å²) in [6, 6.07) is 0. The van der Waals surface area contributed by atoms with Gasteiger partial charge in [0.25, 0.3) is 0 Å². The van der Waals surface area contributed by atoms with E-state index in [9.17, 15) is 0 Å². The molecule has 0 spiro atoms. The van der Waals surface area contributed by atoms with E-state index < -0.39 is 0 Å². The predicted molar refractivity (Wildman–Crippen MR) is 50.7 cm³/mol. The van der Waals surface area contributed by atoms with E-state index in [1.807, 2.05) is 6.26 Å². The molecule has 0 aliphatic heterocycles. The van der Waals surface area contributed by atoms with Crippen molar-refractivity contribution < 1.29 is 0 Å². The molecule has 0 aliphatic carbocycles. The van der Waals surface area contributed by atoms with Gasteiger partial charge in [-0.15, -0.1) is 0 Å². The topological polar surface area (TPSA) is 12.4 Å². The standard InChI is InChI=1S/C8H17NS/c1-6-7(9-10-5)8(2,3)4/h6H2,1-5H3. The average molecular weight is 159 g/mol. The van der Waals surface area contributed by atoms with Crippen LogP contribution in [-0.4, -0.2) is 12.0 Å². The lowest BCUT2D eigenvalue weighted by atomic mass is 9.89. The monoisotopic (exact) mass is 159 g/mol. The molecule has 10 heavy (non-hydrogen) atoms. The Labute approximate surface area is 68.4 Å². The van der Waals surface area contributed by atoms with Crippen LogP contribution < -0.4 is 0 Å². The van der Waals surface area contributed by atoms with Crippen LogP contribution in [0.1, 0.15) is 34.1 Å². The van der Waals surface area contributed by atoms with Gasteiger partial charge in [0.1, 0.15) is 0 Å². The van der Waals surface area contributed by atoms with E-state index in [4.69, 9.17) is 0 Å². The molecule has 0 saturated carbocycles. The Hall–Kier alpha value is 0.0200. The SMILES string of the molecule is CCC(=NSC)C(C)(C)C. The molecule has 0 rings (SSSR count). The summed E-state index contributed by atoms with van der Waals surface area (Å²) < 4.78 is 4.35. The molecule has 0 fully saturated rings. The molecule has 2 heteroatoms. The molecule has 0 radical (unpaired) electrons. The summed E-state index contributed by atoms with van der Waals surface area (Å²) in [6.45, 7) is 8.75. The van der Waals surface area contributed by atoms with Crippen LogP contribution in [0.15, 0.2) is 4.40 Å². The quantitative estimate of drug-likeness (QED) is 0.445. The Morgan fingerprint density at radius 2 is 1.90 bits per heavy atom. The second-order valence-corrected chi connectivity index (χ2v) is 3.87. The highest BCUT2D eigenvalue weighted by molar-refractivity contribution is 7.97. The third-order valence-electron chi connectivity index (χ3n) is 1.40. The molecule has 0 aromatic carbocycles. The van der Waals surface area contributed by atoms with Crippen LogP contribution in [-0.2, 0) is 0 Å². The van der Waals surface area contributed by atoms with Crippen molar-refractivity contribution >= 4 is 17.7 Å². The van der Waals surface area contributed by atoms with Gasteiger partial charge < -0.3 is 0 Å². The zero-order chi connectivity index (χ0) is 8.20. The zero-order valence-corrected chi connectivity index (χ0v) is 8.38. The molecule has 0 N–H and O–H groups in total. The molecular formula is C8H17NS. The summed E-state index contributed by atoms with van der Waals surface area (Å²) in [7, 11) is 0. The van der Waals surface area contributed by atoms with Crippen LogP contribution in [0, 0.1) is 5.41 Å². The Bertz CT molecular complexity index is 122. The first-order valence-corrected chi connectivity index (χ1v) is 4.81. The maximum absolute atomic E-state index is 4.35. The molecule has 0 aliphatic rings. The van der Waals surface area contributed by atoms with Crippen molar-refractivity contribution in [2.75, 3.05) is 6.26 Å². The van der Waals surface area contributed by atoms with Gasteiger partial charge in [-0.05, 0) is 18.4 Å². The van der Waals surface area contributed by atoms with E-state index >= 15 is 0 Å². The van der Waals surface area contributed by atoms with Crippen molar-refractivity contribution in [2.24, 2.45) is 9.81 Å².